The van der Waals surface area contributed by atoms with Gasteiger partial charge in [-0.05, 0) is 55.7 Å². The molecule has 2 N–H and O–H groups in total. The van der Waals surface area contributed by atoms with Crippen molar-refractivity contribution in [1.82, 2.24) is 0 Å². The Labute approximate surface area is 151 Å². The Bertz CT molecular complexity index is 935. The number of hydrogen-bond donors (Lipinski definition) is 2. The van der Waals surface area contributed by atoms with Crippen LogP contribution in [-0.4, -0.2) is 22.4 Å². The first-order chi connectivity index (χ1) is 12.4. The van der Waals surface area contributed by atoms with E-state index in [-0.39, 0.29) is 12.3 Å². The molecule has 0 aliphatic carbocycles. The molecule has 134 valence electrons. The molecule has 2 aliphatic rings. The van der Waals surface area contributed by atoms with E-state index in [1.54, 1.807) is 6.07 Å². The number of nitrogens with one attached hydrogen (secondary N) is 1. The largest absolute Gasteiger partial charge is 0.463 e. The second-order valence-corrected chi connectivity index (χ2v) is 7.21. The van der Waals surface area contributed by atoms with E-state index in [2.05, 4.69) is 19.2 Å². The fraction of sp³-hybridized carbons (Fsp3) is 0.300. The van der Waals surface area contributed by atoms with Crippen LogP contribution in [0.25, 0.3) is 6.08 Å². The highest BCUT2D eigenvalue weighted by atomic mass is 16.6. The van der Waals surface area contributed by atoms with Gasteiger partial charge in [-0.1, -0.05) is 12.1 Å². The molecule has 0 amide bonds. The van der Waals surface area contributed by atoms with Gasteiger partial charge in [0, 0.05) is 30.0 Å². The molecule has 0 bridgehead atoms. The Morgan fingerprint density at radius 1 is 1.27 bits per heavy atom. The summed E-state index contributed by atoms with van der Waals surface area (Å²) in [6, 6.07) is 10.6. The molecule has 2 aromatic carbocycles. The molecule has 0 aromatic heterocycles. The average Bonchev–Trinajstić information content (AvgIpc) is 2.82. The van der Waals surface area contributed by atoms with Gasteiger partial charge < -0.3 is 15.2 Å². The number of anilines is 1. The van der Waals surface area contributed by atoms with E-state index in [0.29, 0.717) is 17.7 Å². The quantitative estimate of drug-likeness (QED) is 0.651. The molecule has 2 heterocycles. The molecule has 6 nitrogen and oxygen atoms in total. The Morgan fingerprint density at radius 2 is 2.08 bits per heavy atom. The summed E-state index contributed by atoms with van der Waals surface area (Å²) in [6.07, 6.45) is 4.39. The van der Waals surface area contributed by atoms with Crippen molar-refractivity contribution in [2.24, 2.45) is 0 Å². The van der Waals surface area contributed by atoms with Gasteiger partial charge in [0.25, 0.3) is 5.69 Å². The summed E-state index contributed by atoms with van der Waals surface area (Å²) in [5.74, 6) is 0.607. The maximum atomic E-state index is 11.0. The third kappa shape index (κ3) is 2.22. The molecule has 0 fully saturated rings. The summed E-state index contributed by atoms with van der Waals surface area (Å²) in [5.41, 5.74) is 2.74. The predicted molar refractivity (Wildman–Crippen MR) is 99.4 cm³/mol. The van der Waals surface area contributed by atoms with Crippen molar-refractivity contribution < 1.29 is 14.8 Å². The number of aliphatic hydroxyl groups excluding tert-OH is 1. The Morgan fingerprint density at radius 3 is 2.81 bits per heavy atom. The predicted octanol–water partition coefficient (Wildman–Crippen LogP) is 3.63. The Hall–Kier alpha value is -2.86. The van der Waals surface area contributed by atoms with Crippen LogP contribution in [0.1, 0.15) is 30.5 Å². The van der Waals surface area contributed by atoms with E-state index >= 15 is 0 Å². The number of nitro groups is 1. The van der Waals surface area contributed by atoms with E-state index in [0.717, 1.165) is 16.8 Å². The van der Waals surface area contributed by atoms with Crippen LogP contribution in [-0.2, 0) is 11.8 Å². The zero-order valence-corrected chi connectivity index (χ0v) is 14.7. The lowest BCUT2D eigenvalue weighted by Gasteiger charge is -2.42. The van der Waals surface area contributed by atoms with Gasteiger partial charge in [0.2, 0.25) is 5.72 Å². The third-order valence-electron chi connectivity index (χ3n) is 5.38. The molecule has 6 heteroatoms. The van der Waals surface area contributed by atoms with Crippen molar-refractivity contribution in [3.05, 3.63) is 69.3 Å². The van der Waals surface area contributed by atoms with E-state index in [1.807, 2.05) is 30.4 Å². The molecule has 2 aliphatic heterocycles. The Kier molecular flexibility index (Phi) is 3.56. The number of nitro benzene ring substituents is 1. The molecule has 1 spiro atoms. The standard InChI is InChI=1S/C20H20N2O4/c1-19(2)18-13(9-11-23)4-3-5-16(18)21-20(19)10-8-14-12-15(22(24)25)6-7-17(14)26-20/h3-8,10,12,21,23H,9,11H2,1-2H3. The minimum Gasteiger partial charge on any atom is -0.463 e. The van der Waals surface area contributed by atoms with Crippen molar-refractivity contribution in [3.8, 4) is 5.75 Å². The first-order valence-electron chi connectivity index (χ1n) is 8.56. The maximum Gasteiger partial charge on any atom is 0.270 e. The van der Waals surface area contributed by atoms with Gasteiger partial charge in [0.15, 0.2) is 0 Å². The molecule has 0 saturated heterocycles. The van der Waals surface area contributed by atoms with Gasteiger partial charge in [-0.2, -0.15) is 0 Å². The number of hydrogen-bond acceptors (Lipinski definition) is 5. The van der Waals surface area contributed by atoms with Crippen LogP contribution in [0.4, 0.5) is 11.4 Å². The number of non-ortho nitro benzene ring substituents is 1. The highest BCUT2D eigenvalue weighted by molar-refractivity contribution is 5.72. The second-order valence-electron chi connectivity index (χ2n) is 7.21. The smallest absolute Gasteiger partial charge is 0.270 e. The molecular weight excluding hydrogens is 332 g/mol. The molecule has 0 radical (unpaired) electrons. The summed E-state index contributed by atoms with van der Waals surface area (Å²) in [7, 11) is 0. The van der Waals surface area contributed by atoms with Crippen LogP contribution in [0.5, 0.6) is 5.75 Å². The summed E-state index contributed by atoms with van der Waals surface area (Å²) in [4.78, 5) is 10.6. The number of nitrogens with zero attached hydrogens (tertiary/aromatic N) is 1. The summed E-state index contributed by atoms with van der Waals surface area (Å²) in [6.45, 7) is 4.30. The molecule has 4 rings (SSSR count). The first-order valence-corrected chi connectivity index (χ1v) is 8.56. The maximum absolute atomic E-state index is 11.0. The van der Waals surface area contributed by atoms with Crippen LogP contribution in [0, 0.1) is 10.1 Å². The zero-order chi connectivity index (χ0) is 18.5. The summed E-state index contributed by atoms with van der Waals surface area (Å²) >= 11 is 0. The van der Waals surface area contributed by atoms with E-state index in [1.165, 1.54) is 12.1 Å². The third-order valence-corrected chi connectivity index (χ3v) is 5.38. The average molecular weight is 352 g/mol. The topological polar surface area (TPSA) is 84.6 Å². The number of aliphatic hydroxyl groups is 1. The van der Waals surface area contributed by atoms with Crippen LogP contribution in [0.2, 0.25) is 0 Å². The highest BCUT2D eigenvalue weighted by Crippen LogP contribution is 2.52. The lowest BCUT2D eigenvalue weighted by Crippen LogP contribution is -2.53. The van der Waals surface area contributed by atoms with Crippen LogP contribution in [0.15, 0.2) is 42.5 Å². The fourth-order valence-corrected chi connectivity index (χ4v) is 4.00. The molecule has 1 atom stereocenters. The minimum absolute atomic E-state index is 0.0418. The van der Waals surface area contributed by atoms with Crippen LogP contribution >= 0.6 is 0 Å². The molecule has 1 unspecified atom stereocenters. The van der Waals surface area contributed by atoms with Crippen molar-refractivity contribution in [2.45, 2.75) is 31.4 Å². The zero-order valence-electron chi connectivity index (χ0n) is 14.7. The lowest BCUT2D eigenvalue weighted by atomic mass is 9.74. The van der Waals surface area contributed by atoms with Gasteiger partial charge in [0.1, 0.15) is 5.75 Å². The van der Waals surface area contributed by atoms with Crippen molar-refractivity contribution in [3.63, 3.8) is 0 Å². The van der Waals surface area contributed by atoms with Crippen LogP contribution < -0.4 is 10.1 Å². The van der Waals surface area contributed by atoms with Gasteiger partial charge in [-0.3, -0.25) is 10.1 Å². The monoisotopic (exact) mass is 352 g/mol. The SMILES string of the molecule is CC1(C)c2c(CCO)cccc2NC12C=Cc1cc([N+](=O)[O-])ccc1O2. The van der Waals surface area contributed by atoms with Crippen molar-refractivity contribution in [2.75, 3.05) is 11.9 Å². The minimum atomic E-state index is -0.788. The summed E-state index contributed by atoms with van der Waals surface area (Å²) < 4.78 is 6.36. The van der Waals surface area contributed by atoms with E-state index in [4.69, 9.17) is 4.74 Å². The lowest BCUT2D eigenvalue weighted by molar-refractivity contribution is -0.384. The molecular formula is C20H20N2O4. The Balaban J connectivity index is 1.79. The normalized spacial score (nSPS) is 21.7. The first kappa shape index (κ1) is 16.6. The van der Waals surface area contributed by atoms with Crippen molar-refractivity contribution in [1.29, 1.82) is 0 Å². The number of ether oxygens (including phenoxy) is 1. The molecule has 2 aromatic rings. The molecule has 26 heavy (non-hydrogen) atoms. The summed E-state index contributed by atoms with van der Waals surface area (Å²) in [5, 5.41) is 23.9. The molecule has 0 saturated carbocycles. The van der Waals surface area contributed by atoms with Gasteiger partial charge >= 0.3 is 0 Å². The number of fused-ring (bicyclic) bond motifs is 2. The van der Waals surface area contributed by atoms with E-state index < -0.39 is 16.1 Å². The number of benzene rings is 2. The van der Waals surface area contributed by atoms with Gasteiger partial charge in [-0.25, -0.2) is 0 Å². The second kappa shape index (κ2) is 5.57. The van der Waals surface area contributed by atoms with Gasteiger partial charge in [-0.15, -0.1) is 0 Å². The number of rotatable bonds is 3. The van der Waals surface area contributed by atoms with Gasteiger partial charge in [0.05, 0.1) is 10.3 Å². The highest BCUT2D eigenvalue weighted by Gasteiger charge is 2.55. The van der Waals surface area contributed by atoms with Crippen LogP contribution in [0.3, 0.4) is 0 Å². The van der Waals surface area contributed by atoms with Crippen molar-refractivity contribution >= 4 is 17.5 Å². The van der Waals surface area contributed by atoms with E-state index in [9.17, 15) is 15.2 Å². The fourth-order valence-electron chi connectivity index (χ4n) is 4.00.